The number of amides is 1. The van der Waals surface area contributed by atoms with Crippen LogP contribution < -0.4 is 26.1 Å². The second kappa shape index (κ2) is 11.8. The fraction of sp³-hybridized carbons (Fsp3) is 0.350. The molecule has 0 unspecified atom stereocenters. The molecule has 0 aliphatic rings. The van der Waals surface area contributed by atoms with E-state index < -0.39 is 28.7 Å². The maximum Gasteiger partial charge on any atom is 0.331 e. The molecule has 12 nitrogen and oxygen atoms in total. The number of anilines is 2. The van der Waals surface area contributed by atoms with Gasteiger partial charge in [-0.2, -0.15) is 0 Å². The molecule has 0 saturated carbocycles. The van der Waals surface area contributed by atoms with Crippen LogP contribution in [0.4, 0.5) is 11.5 Å². The maximum atomic E-state index is 12.6. The number of H-pyrrole nitrogens is 1. The monoisotopic (exact) mass is 480 g/mol. The molecule has 0 fully saturated rings. The van der Waals surface area contributed by atoms with E-state index in [0.29, 0.717) is 23.3 Å². The number of nitrogen functional groups attached to an aromatic ring is 1. The molecule has 1 aromatic carbocycles. The molecular formula is C20H24N4O8S. The molecule has 33 heavy (non-hydrogen) atoms. The average molecular weight is 480 g/mol. The van der Waals surface area contributed by atoms with Crippen molar-refractivity contribution < 1.29 is 33.3 Å². The predicted molar refractivity (Wildman–Crippen MR) is 120 cm³/mol. The van der Waals surface area contributed by atoms with Gasteiger partial charge in [0.15, 0.2) is 22.5 Å². The van der Waals surface area contributed by atoms with Crippen molar-refractivity contribution >= 4 is 41.1 Å². The molecule has 13 heteroatoms. The van der Waals surface area contributed by atoms with Crippen LogP contribution in [0.1, 0.15) is 24.2 Å². The lowest BCUT2D eigenvalue weighted by Crippen LogP contribution is -2.31. The van der Waals surface area contributed by atoms with Gasteiger partial charge in [0.05, 0.1) is 27.4 Å². The number of esters is 2. The Morgan fingerprint density at radius 2 is 1.70 bits per heavy atom. The highest BCUT2D eigenvalue weighted by Crippen LogP contribution is 2.28. The van der Waals surface area contributed by atoms with E-state index in [-0.39, 0.29) is 35.4 Å². The third-order valence-corrected chi connectivity index (χ3v) is 5.08. The molecule has 178 valence electrons. The Morgan fingerprint density at radius 1 is 1.09 bits per heavy atom. The Labute approximate surface area is 193 Å². The Bertz CT molecular complexity index is 1070. The van der Waals surface area contributed by atoms with Gasteiger partial charge in [-0.3, -0.25) is 24.2 Å². The largest absolute Gasteiger partial charge is 0.493 e. The number of carbonyl (C=O) groups is 3. The Morgan fingerprint density at radius 3 is 2.21 bits per heavy atom. The number of nitrogens with zero attached hydrogens (tertiary/aromatic N) is 1. The molecular weight excluding hydrogens is 456 g/mol. The van der Waals surface area contributed by atoms with Crippen molar-refractivity contribution in [3.8, 4) is 11.5 Å². The molecule has 0 bridgehead atoms. The van der Waals surface area contributed by atoms with E-state index in [1.807, 2.05) is 0 Å². The fourth-order valence-electron chi connectivity index (χ4n) is 2.55. The zero-order chi connectivity index (χ0) is 24.5. The summed E-state index contributed by atoms with van der Waals surface area (Å²) in [6.07, 6.45) is 0. The minimum atomic E-state index is -1.42. The second-order valence-corrected chi connectivity index (χ2v) is 7.25. The quantitative estimate of drug-likeness (QED) is 0.193. The average Bonchev–Trinajstić information content (AvgIpc) is 2.79. The number of nitrogens with two attached hydrogens (primary N) is 1. The van der Waals surface area contributed by atoms with E-state index in [9.17, 15) is 19.2 Å². The normalized spacial score (nSPS) is 10.5. The molecule has 0 aliphatic carbocycles. The van der Waals surface area contributed by atoms with E-state index in [4.69, 9.17) is 24.7 Å². The van der Waals surface area contributed by atoms with Crippen molar-refractivity contribution in [2.75, 3.05) is 38.5 Å². The number of benzene rings is 1. The lowest BCUT2D eigenvalue weighted by atomic mass is 10.2. The van der Waals surface area contributed by atoms with Crippen LogP contribution in [0.2, 0.25) is 0 Å². The molecule has 2 rings (SSSR count). The smallest absolute Gasteiger partial charge is 0.331 e. The van der Waals surface area contributed by atoms with E-state index in [0.717, 1.165) is 0 Å². The van der Waals surface area contributed by atoms with Crippen LogP contribution in [0.3, 0.4) is 0 Å². The van der Waals surface area contributed by atoms with Crippen molar-refractivity contribution in [1.82, 2.24) is 9.97 Å². The summed E-state index contributed by atoms with van der Waals surface area (Å²) in [6.45, 7) is 3.25. The van der Waals surface area contributed by atoms with Crippen LogP contribution in [0.5, 0.6) is 11.5 Å². The minimum Gasteiger partial charge on any atom is -0.493 e. The van der Waals surface area contributed by atoms with Gasteiger partial charge in [0, 0.05) is 5.56 Å². The van der Waals surface area contributed by atoms with Crippen LogP contribution in [-0.4, -0.2) is 60.5 Å². The van der Waals surface area contributed by atoms with Gasteiger partial charge in [-0.25, -0.2) is 4.98 Å². The first-order valence-corrected chi connectivity index (χ1v) is 10.6. The van der Waals surface area contributed by atoms with Gasteiger partial charge < -0.3 is 30.0 Å². The van der Waals surface area contributed by atoms with Crippen LogP contribution in [-0.2, 0) is 19.1 Å². The van der Waals surface area contributed by atoms with E-state index >= 15 is 0 Å². The summed E-state index contributed by atoms with van der Waals surface area (Å²) < 4.78 is 20.0. The lowest BCUT2D eigenvalue weighted by Gasteiger charge is -2.14. The lowest BCUT2D eigenvalue weighted by molar-refractivity contribution is -0.152. The molecule has 4 N–H and O–H groups in total. The number of hydrogen-bond acceptors (Lipinski definition) is 11. The Hall–Kier alpha value is -3.74. The highest BCUT2D eigenvalue weighted by Gasteiger charge is 2.32. The van der Waals surface area contributed by atoms with Gasteiger partial charge in [-0.05, 0) is 32.0 Å². The van der Waals surface area contributed by atoms with Crippen molar-refractivity contribution in [2.45, 2.75) is 24.3 Å². The van der Waals surface area contributed by atoms with Crippen molar-refractivity contribution in [1.29, 1.82) is 0 Å². The fourth-order valence-corrected chi connectivity index (χ4v) is 3.40. The number of aromatic amines is 1. The molecule has 0 spiro atoms. The standard InChI is InChI=1S/C20H24N4O8S/c1-5-31-18(27)14(19(28)32-6-2)33-20-23-15(21)13(17(26)24-20)22-16(25)10-7-8-11(29-3)12(9-10)30-4/h7-9,14H,5-6H2,1-4H3,(H,22,25)(H3,21,23,24,26). The number of hydrogen-bond donors (Lipinski definition) is 3. The number of thioether (sulfide) groups is 1. The van der Waals surface area contributed by atoms with E-state index in [1.165, 1.54) is 32.4 Å². The van der Waals surface area contributed by atoms with Crippen molar-refractivity contribution in [3.63, 3.8) is 0 Å². The van der Waals surface area contributed by atoms with E-state index in [2.05, 4.69) is 15.3 Å². The van der Waals surface area contributed by atoms with Gasteiger partial charge in [-0.1, -0.05) is 11.8 Å². The molecule has 0 radical (unpaired) electrons. The molecule has 0 aliphatic heterocycles. The van der Waals surface area contributed by atoms with Crippen LogP contribution >= 0.6 is 11.8 Å². The van der Waals surface area contributed by atoms with Crippen LogP contribution in [0.15, 0.2) is 28.2 Å². The molecule has 0 saturated heterocycles. The SMILES string of the molecule is CCOC(=O)C(Sc1nc(N)c(NC(=O)c2ccc(OC)c(OC)c2)c(=O)[nH]1)C(=O)OCC. The predicted octanol–water partition coefficient (Wildman–Crippen LogP) is 1.21. The highest BCUT2D eigenvalue weighted by atomic mass is 32.2. The molecule has 1 amide bonds. The molecule has 2 aromatic rings. The third kappa shape index (κ3) is 6.38. The Kier molecular flexibility index (Phi) is 9.09. The zero-order valence-corrected chi connectivity index (χ0v) is 19.2. The number of carbonyl (C=O) groups excluding carboxylic acids is 3. The maximum absolute atomic E-state index is 12.6. The second-order valence-electron chi connectivity index (χ2n) is 6.16. The first kappa shape index (κ1) is 25.5. The first-order valence-electron chi connectivity index (χ1n) is 9.68. The minimum absolute atomic E-state index is 0.0441. The number of aromatic nitrogens is 2. The van der Waals surface area contributed by atoms with Gasteiger partial charge in [0.25, 0.3) is 11.5 Å². The van der Waals surface area contributed by atoms with Gasteiger partial charge in [-0.15, -0.1) is 0 Å². The summed E-state index contributed by atoms with van der Waals surface area (Å²) in [7, 11) is 2.87. The highest BCUT2D eigenvalue weighted by molar-refractivity contribution is 8.01. The molecule has 1 heterocycles. The summed E-state index contributed by atoms with van der Waals surface area (Å²) in [6, 6.07) is 4.44. The number of ether oxygens (including phenoxy) is 4. The van der Waals surface area contributed by atoms with E-state index in [1.54, 1.807) is 13.8 Å². The number of nitrogens with one attached hydrogen (secondary N) is 2. The summed E-state index contributed by atoms with van der Waals surface area (Å²) >= 11 is 0.607. The van der Waals surface area contributed by atoms with Crippen LogP contribution in [0.25, 0.3) is 0 Å². The number of methoxy groups -OCH3 is 2. The van der Waals surface area contributed by atoms with Crippen molar-refractivity contribution in [2.24, 2.45) is 0 Å². The van der Waals surface area contributed by atoms with Crippen molar-refractivity contribution in [3.05, 3.63) is 34.1 Å². The first-order chi connectivity index (χ1) is 15.7. The topological polar surface area (TPSA) is 172 Å². The number of rotatable bonds is 10. The summed E-state index contributed by atoms with van der Waals surface area (Å²) in [5.41, 5.74) is 4.95. The molecule has 1 aromatic heterocycles. The summed E-state index contributed by atoms with van der Waals surface area (Å²) in [4.78, 5) is 55.8. The third-order valence-electron chi connectivity index (χ3n) is 4.04. The summed E-state index contributed by atoms with van der Waals surface area (Å²) in [5, 5.41) is 0.842. The van der Waals surface area contributed by atoms with Gasteiger partial charge in [0.1, 0.15) is 5.69 Å². The summed E-state index contributed by atoms with van der Waals surface area (Å²) in [5.74, 6) is -1.93. The Balaban J connectivity index is 2.27. The van der Waals surface area contributed by atoms with Gasteiger partial charge in [0.2, 0.25) is 5.25 Å². The van der Waals surface area contributed by atoms with Crippen LogP contribution in [0, 0.1) is 0 Å². The zero-order valence-electron chi connectivity index (χ0n) is 18.4. The van der Waals surface area contributed by atoms with Gasteiger partial charge >= 0.3 is 11.9 Å². The molecule has 0 atom stereocenters.